The predicted octanol–water partition coefficient (Wildman–Crippen LogP) is 0.994. The molecule has 0 spiro atoms. The first-order chi connectivity index (χ1) is 9.08. The number of nitrogens with two attached hydrogens (primary N) is 2. The minimum atomic E-state index is -1.20. The Morgan fingerprint density at radius 2 is 2.05 bits per heavy atom. The molecule has 19 heavy (non-hydrogen) atoms. The Morgan fingerprint density at radius 1 is 1.42 bits per heavy atom. The van der Waals surface area contributed by atoms with Gasteiger partial charge < -0.3 is 21.0 Å². The summed E-state index contributed by atoms with van der Waals surface area (Å²) in [6, 6.07) is 7.53. The van der Waals surface area contributed by atoms with Gasteiger partial charge in [0.2, 0.25) is 0 Å². The van der Waals surface area contributed by atoms with Crippen molar-refractivity contribution >= 4 is 17.7 Å². The summed E-state index contributed by atoms with van der Waals surface area (Å²) in [4.78, 5) is 10.7. The molecule has 0 saturated heterocycles. The van der Waals surface area contributed by atoms with Crippen molar-refractivity contribution in [1.29, 1.82) is 0 Å². The highest BCUT2D eigenvalue weighted by Crippen LogP contribution is 2.22. The molecular weight excluding hydrogens is 266 g/mol. The number of hydrogen-bond acceptors (Lipinski definition) is 6. The summed E-state index contributed by atoms with van der Waals surface area (Å²) in [6.45, 7) is 2.54. The number of thioether (sulfide) groups is 1. The normalized spacial score (nSPS) is 11.7. The van der Waals surface area contributed by atoms with E-state index in [1.54, 1.807) is 0 Å². The van der Waals surface area contributed by atoms with Crippen molar-refractivity contribution in [3.05, 3.63) is 40.6 Å². The van der Waals surface area contributed by atoms with Gasteiger partial charge in [-0.3, -0.25) is 0 Å². The van der Waals surface area contributed by atoms with Crippen LogP contribution in [0, 0.1) is 0 Å². The second-order valence-corrected chi connectivity index (χ2v) is 4.54. The molecule has 0 heterocycles. The Morgan fingerprint density at radius 3 is 2.53 bits per heavy atom. The number of carboxylic acids is 1. The van der Waals surface area contributed by atoms with Gasteiger partial charge in [0.15, 0.2) is 0 Å². The van der Waals surface area contributed by atoms with E-state index in [0.29, 0.717) is 12.4 Å². The lowest BCUT2D eigenvalue weighted by molar-refractivity contribution is -0.132. The molecule has 0 aromatic heterocycles. The molecule has 0 aliphatic rings. The SMILES string of the molecule is CCOc1ccc(CS/C(NN)=C(/N)C(=O)O)cc1. The third-order valence-electron chi connectivity index (χ3n) is 2.22. The van der Waals surface area contributed by atoms with Crippen molar-refractivity contribution in [3.63, 3.8) is 0 Å². The summed E-state index contributed by atoms with van der Waals surface area (Å²) in [5.41, 5.74) is 8.41. The van der Waals surface area contributed by atoms with E-state index in [1.807, 2.05) is 31.2 Å². The summed E-state index contributed by atoms with van der Waals surface area (Å²) in [5.74, 6) is 5.40. The van der Waals surface area contributed by atoms with Crippen LogP contribution in [0.1, 0.15) is 12.5 Å². The zero-order valence-electron chi connectivity index (χ0n) is 10.6. The van der Waals surface area contributed by atoms with Crippen molar-refractivity contribution in [2.45, 2.75) is 12.7 Å². The molecule has 0 bridgehead atoms. The molecule has 6 nitrogen and oxygen atoms in total. The van der Waals surface area contributed by atoms with Gasteiger partial charge in [0.1, 0.15) is 16.5 Å². The number of hydrazine groups is 1. The third kappa shape index (κ3) is 4.72. The van der Waals surface area contributed by atoms with Crippen molar-refractivity contribution < 1.29 is 14.6 Å². The molecule has 0 aliphatic carbocycles. The Balaban J connectivity index is 2.65. The second kappa shape index (κ2) is 7.55. The van der Waals surface area contributed by atoms with Gasteiger partial charge in [0.25, 0.3) is 0 Å². The summed E-state index contributed by atoms with van der Waals surface area (Å²) in [6.07, 6.45) is 0. The van der Waals surface area contributed by atoms with E-state index in [1.165, 1.54) is 11.8 Å². The third-order valence-corrected chi connectivity index (χ3v) is 3.33. The van der Waals surface area contributed by atoms with E-state index in [2.05, 4.69) is 5.43 Å². The van der Waals surface area contributed by atoms with E-state index < -0.39 is 5.97 Å². The number of carbonyl (C=O) groups is 1. The standard InChI is InChI=1S/C12H17N3O3S/c1-2-18-9-5-3-8(4-6-9)7-19-11(15-14)10(13)12(16)17/h3-6,15H,2,7,13-14H2,1H3,(H,16,17)/b11-10+. The highest BCUT2D eigenvalue weighted by atomic mass is 32.2. The average molecular weight is 283 g/mol. The van der Waals surface area contributed by atoms with Crippen molar-refractivity contribution in [1.82, 2.24) is 5.43 Å². The predicted molar refractivity (Wildman–Crippen MR) is 75.1 cm³/mol. The molecular formula is C12H17N3O3S. The molecule has 0 fully saturated rings. The van der Waals surface area contributed by atoms with Crippen LogP contribution in [-0.2, 0) is 10.5 Å². The molecule has 0 amide bonds. The quantitative estimate of drug-likeness (QED) is 0.335. The minimum absolute atomic E-state index is 0.237. The van der Waals surface area contributed by atoms with Gasteiger partial charge >= 0.3 is 5.97 Å². The van der Waals surface area contributed by atoms with Gasteiger partial charge in [0.05, 0.1) is 6.61 Å². The van der Waals surface area contributed by atoms with Crippen molar-refractivity contribution in [3.8, 4) is 5.75 Å². The number of carboxylic acid groups (broad SMARTS) is 1. The number of nitrogens with one attached hydrogen (secondary N) is 1. The first-order valence-corrected chi connectivity index (χ1v) is 6.61. The highest BCUT2D eigenvalue weighted by Gasteiger charge is 2.10. The summed E-state index contributed by atoms with van der Waals surface area (Å²) in [7, 11) is 0. The lowest BCUT2D eigenvalue weighted by atomic mass is 10.2. The first kappa shape index (κ1) is 15.2. The molecule has 1 aromatic carbocycles. The first-order valence-electron chi connectivity index (χ1n) is 5.62. The van der Waals surface area contributed by atoms with Crippen LogP contribution in [0.15, 0.2) is 35.0 Å². The molecule has 0 saturated carbocycles. The van der Waals surface area contributed by atoms with Crippen LogP contribution < -0.4 is 21.7 Å². The smallest absolute Gasteiger partial charge is 0.354 e. The lowest BCUT2D eigenvalue weighted by Crippen LogP contribution is -2.26. The number of benzene rings is 1. The molecule has 1 rings (SSSR count). The van der Waals surface area contributed by atoms with Gasteiger partial charge in [-0.15, -0.1) is 11.8 Å². The van der Waals surface area contributed by atoms with E-state index in [9.17, 15) is 4.79 Å². The number of ether oxygens (including phenoxy) is 1. The van der Waals surface area contributed by atoms with Crippen LogP contribution in [0.4, 0.5) is 0 Å². The van der Waals surface area contributed by atoms with Gasteiger partial charge in [0, 0.05) is 5.75 Å². The van der Waals surface area contributed by atoms with E-state index in [-0.39, 0.29) is 10.7 Å². The monoisotopic (exact) mass is 283 g/mol. The maximum atomic E-state index is 10.7. The molecule has 6 N–H and O–H groups in total. The molecule has 1 aromatic rings. The number of hydrogen-bond donors (Lipinski definition) is 4. The fourth-order valence-electron chi connectivity index (χ4n) is 1.30. The Bertz CT molecular complexity index is 460. The van der Waals surface area contributed by atoms with E-state index in [4.69, 9.17) is 21.4 Å². The maximum Gasteiger partial charge on any atom is 0.354 e. The van der Waals surface area contributed by atoms with Crippen LogP contribution >= 0.6 is 11.8 Å². The molecule has 104 valence electrons. The molecule has 0 aliphatic heterocycles. The Kier molecular flexibility index (Phi) is 6.04. The second-order valence-electron chi connectivity index (χ2n) is 3.56. The van der Waals surface area contributed by atoms with Crippen LogP contribution in [0.3, 0.4) is 0 Å². The van der Waals surface area contributed by atoms with Crippen LogP contribution in [-0.4, -0.2) is 17.7 Å². The van der Waals surface area contributed by atoms with Crippen molar-refractivity contribution in [2.24, 2.45) is 11.6 Å². The zero-order chi connectivity index (χ0) is 14.3. The maximum absolute atomic E-state index is 10.7. The van der Waals surface area contributed by atoms with Gasteiger partial charge in [-0.25, -0.2) is 10.6 Å². The largest absolute Gasteiger partial charge is 0.494 e. The van der Waals surface area contributed by atoms with Gasteiger partial charge in [-0.2, -0.15) is 0 Å². The van der Waals surface area contributed by atoms with E-state index in [0.717, 1.165) is 11.3 Å². The molecule has 7 heteroatoms. The summed E-state index contributed by atoms with van der Waals surface area (Å²) < 4.78 is 5.33. The summed E-state index contributed by atoms with van der Waals surface area (Å²) >= 11 is 1.23. The van der Waals surface area contributed by atoms with Crippen LogP contribution in [0.5, 0.6) is 5.75 Å². The van der Waals surface area contributed by atoms with Crippen LogP contribution in [0.25, 0.3) is 0 Å². The highest BCUT2D eigenvalue weighted by molar-refractivity contribution is 8.02. The lowest BCUT2D eigenvalue weighted by Gasteiger charge is -2.09. The fraction of sp³-hybridized carbons (Fsp3) is 0.250. The summed E-state index contributed by atoms with van der Waals surface area (Å²) in [5, 5.41) is 9.01. The van der Waals surface area contributed by atoms with Gasteiger partial charge in [-0.05, 0) is 24.6 Å². The van der Waals surface area contributed by atoms with Crippen LogP contribution in [0.2, 0.25) is 0 Å². The zero-order valence-corrected chi connectivity index (χ0v) is 11.4. The fourth-order valence-corrected chi connectivity index (χ4v) is 2.13. The molecule has 0 radical (unpaired) electrons. The topological polar surface area (TPSA) is 111 Å². The number of aliphatic carboxylic acids is 1. The average Bonchev–Trinajstić information content (AvgIpc) is 2.41. The van der Waals surface area contributed by atoms with E-state index >= 15 is 0 Å². The minimum Gasteiger partial charge on any atom is -0.494 e. The Labute approximate surface area is 115 Å². The molecule has 0 unspecified atom stereocenters. The molecule has 0 atom stereocenters. The Hall–Kier alpha value is -1.86. The number of rotatable bonds is 7. The van der Waals surface area contributed by atoms with Gasteiger partial charge in [-0.1, -0.05) is 12.1 Å². The van der Waals surface area contributed by atoms with Crippen molar-refractivity contribution in [2.75, 3.05) is 6.61 Å².